The molecule has 0 spiro atoms. The van der Waals surface area contributed by atoms with E-state index in [4.69, 9.17) is 0 Å². The molecule has 0 unspecified atom stereocenters. The van der Waals surface area contributed by atoms with Gasteiger partial charge in [-0.3, -0.25) is 0 Å². The Morgan fingerprint density at radius 2 is 1.35 bits per heavy atom. The topological polar surface area (TPSA) is 45.0 Å². The van der Waals surface area contributed by atoms with E-state index in [0.29, 0.717) is 5.69 Å². The summed E-state index contributed by atoms with van der Waals surface area (Å²) in [5, 5.41) is 20.9. The van der Waals surface area contributed by atoms with Crippen LogP contribution in [0.1, 0.15) is 22.3 Å². The van der Waals surface area contributed by atoms with Crippen LogP contribution in [0.2, 0.25) is 0 Å². The van der Waals surface area contributed by atoms with Crippen LogP contribution >= 0.6 is 0 Å². The first kappa shape index (κ1) is 15.2. The van der Waals surface area contributed by atoms with Crippen LogP contribution in [0, 0.1) is 27.7 Å². The minimum Gasteiger partial charge on any atom is -0.506 e. The summed E-state index contributed by atoms with van der Waals surface area (Å²) in [5.41, 5.74) is 5.93. The first-order valence-corrected chi connectivity index (χ1v) is 7.67. The van der Waals surface area contributed by atoms with Gasteiger partial charge < -0.3 is 5.11 Å². The summed E-state index contributed by atoms with van der Waals surface area (Å²) in [5.74, 6) is 0.146. The molecule has 0 saturated carbocycles. The Balaban J connectivity index is 2.13. The summed E-state index contributed by atoms with van der Waals surface area (Å²) < 4.78 is 0. The smallest absolute Gasteiger partial charge is 0.143 e. The molecular formula is C20H20N2O. The van der Waals surface area contributed by atoms with Crippen LogP contribution < -0.4 is 0 Å². The lowest BCUT2D eigenvalue weighted by Crippen LogP contribution is -1.83. The first-order chi connectivity index (χ1) is 11.0. The fraction of sp³-hybridized carbons (Fsp3) is 0.200. The van der Waals surface area contributed by atoms with Gasteiger partial charge in [0, 0.05) is 5.39 Å². The number of hydrogen-bond donors (Lipinski definition) is 1. The summed E-state index contributed by atoms with van der Waals surface area (Å²) in [4.78, 5) is 0. The van der Waals surface area contributed by atoms with Gasteiger partial charge in [-0.2, -0.15) is 0 Å². The number of nitrogens with zero attached hydrogens (tertiary/aromatic N) is 2. The number of hydrogen-bond acceptors (Lipinski definition) is 3. The molecule has 0 radical (unpaired) electrons. The number of fused-ring (bicyclic) bond motifs is 1. The van der Waals surface area contributed by atoms with Gasteiger partial charge in [-0.05, 0) is 50.3 Å². The number of aryl methyl sites for hydroxylation is 4. The van der Waals surface area contributed by atoms with Crippen LogP contribution in [0.25, 0.3) is 10.8 Å². The molecule has 0 aliphatic carbocycles. The van der Waals surface area contributed by atoms with Crippen molar-refractivity contribution in [2.45, 2.75) is 27.7 Å². The Kier molecular flexibility index (Phi) is 3.87. The zero-order valence-electron chi connectivity index (χ0n) is 13.9. The van der Waals surface area contributed by atoms with Crippen molar-refractivity contribution in [1.82, 2.24) is 0 Å². The highest BCUT2D eigenvalue weighted by Crippen LogP contribution is 2.37. The van der Waals surface area contributed by atoms with Crippen molar-refractivity contribution in [3.05, 3.63) is 64.7 Å². The highest BCUT2D eigenvalue weighted by atomic mass is 16.3. The van der Waals surface area contributed by atoms with Gasteiger partial charge in [-0.25, -0.2) is 0 Å². The number of azo groups is 1. The molecular weight excluding hydrogens is 284 g/mol. The Morgan fingerprint density at radius 1 is 0.696 bits per heavy atom. The van der Waals surface area contributed by atoms with E-state index in [0.717, 1.165) is 27.6 Å². The summed E-state index contributed by atoms with van der Waals surface area (Å²) in [7, 11) is 0. The van der Waals surface area contributed by atoms with Crippen molar-refractivity contribution in [2.75, 3.05) is 0 Å². The SMILES string of the molecule is Cc1cc(C)c(N=Nc2c(O)ccc3cc(C)ccc23)c(C)c1. The zero-order valence-corrected chi connectivity index (χ0v) is 13.9. The van der Waals surface area contributed by atoms with Gasteiger partial charge in [-0.15, -0.1) is 10.2 Å². The van der Waals surface area contributed by atoms with Crippen LogP contribution in [-0.4, -0.2) is 5.11 Å². The van der Waals surface area contributed by atoms with Gasteiger partial charge in [0.2, 0.25) is 0 Å². The number of benzene rings is 3. The molecule has 3 aromatic carbocycles. The maximum atomic E-state index is 10.2. The van der Waals surface area contributed by atoms with Crippen LogP contribution in [0.4, 0.5) is 11.4 Å². The summed E-state index contributed by atoms with van der Waals surface area (Å²) >= 11 is 0. The van der Waals surface area contributed by atoms with Gasteiger partial charge in [0.1, 0.15) is 11.4 Å². The predicted octanol–water partition coefficient (Wildman–Crippen LogP) is 6.19. The number of rotatable bonds is 2. The van der Waals surface area contributed by atoms with Gasteiger partial charge in [0.25, 0.3) is 0 Å². The zero-order chi connectivity index (χ0) is 16.6. The number of aromatic hydroxyl groups is 1. The fourth-order valence-electron chi connectivity index (χ4n) is 2.96. The lowest BCUT2D eigenvalue weighted by molar-refractivity contribution is 0.477. The normalized spacial score (nSPS) is 11.5. The van der Waals surface area contributed by atoms with Crippen LogP contribution in [-0.2, 0) is 0 Å². The highest BCUT2D eigenvalue weighted by molar-refractivity contribution is 5.95. The van der Waals surface area contributed by atoms with E-state index >= 15 is 0 Å². The summed E-state index contributed by atoms with van der Waals surface area (Å²) in [6.45, 7) is 8.17. The molecule has 0 bridgehead atoms. The standard InChI is InChI=1S/C20H20N2O/c1-12-5-7-17-16(11-12)6-8-18(23)20(17)22-21-19-14(3)9-13(2)10-15(19)4/h5-11,23H,1-4H3. The maximum Gasteiger partial charge on any atom is 0.143 e. The van der Waals surface area contributed by atoms with Crippen molar-refractivity contribution in [2.24, 2.45) is 10.2 Å². The molecule has 3 aromatic rings. The second-order valence-corrected chi connectivity index (χ2v) is 6.11. The molecule has 0 fully saturated rings. The molecule has 0 aliphatic rings. The van der Waals surface area contributed by atoms with Crippen molar-refractivity contribution < 1.29 is 5.11 Å². The Hall–Kier alpha value is -2.68. The lowest BCUT2D eigenvalue weighted by atomic mass is 10.1. The van der Waals surface area contributed by atoms with E-state index in [1.807, 2.05) is 39.0 Å². The third kappa shape index (κ3) is 2.95. The molecule has 0 saturated heterocycles. The van der Waals surface area contributed by atoms with Crippen LogP contribution in [0.3, 0.4) is 0 Å². The molecule has 0 atom stereocenters. The summed E-state index contributed by atoms with van der Waals surface area (Å²) in [6, 6.07) is 13.8. The van der Waals surface area contributed by atoms with Gasteiger partial charge in [0.15, 0.2) is 0 Å². The third-order valence-electron chi connectivity index (χ3n) is 4.01. The average molecular weight is 304 g/mol. The van der Waals surface area contributed by atoms with E-state index in [2.05, 4.69) is 35.4 Å². The summed E-state index contributed by atoms with van der Waals surface area (Å²) in [6.07, 6.45) is 0. The quantitative estimate of drug-likeness (QED) is 0.563. The van der Waals surface area contributed by atoms with Gasteiger partial charge in [-0.1, -0.05) is 47.5 Å². The van der Waals surface area contributed by atoms with E-state index in [-0.39, 0.29) is 5.75 Å². The predicted molar refractivity (Wildman–Crippen MR) is 95.2 cm³/mol. The lowest BCUT2D eigenvalue weighted by Gasteiger charge is -2.07. The van der Waals surface area contributed by atoms with Crippen molar-refractivity contribution in [1.29, 1.82) is 0 Å². The number of phenols is 1. The first-order valence-electron chi connectivity index (χ1n) is 7.67. The largest absolute Gasteiger partial charge is 0.506 e. The molecule has 3 heteroatoms. The van der Waals surface area contributed by atoms with Gasteiger partial charge >= 0.3 is 0 Å². The van der Waals surface area contributed by atoms with Crippen molar-refractivity contribution in [3.8, 4) is 5.75 Å². The highest BCUT2D eigenvalue weighted by Gasteiger charge is 2.08. The maximum absolute atomic E-state index is 10.2. The molecule has 0 aliphatic heterocycles. The van der Waals surface area contributed by atoms with Crippen molar-refractivity contribution in [3.63, 3.8) is 0 Å². The molecule has 116 valence electrons. The Bertz CT molecular complexity index is 903. The Labute approximate surface area is 136 Å². The second-order valence-electron chi connectivity index (χ2n) is 6.11. The van der Waals surface area contributed by atoms with E-state index in [1.54, 1.807) is 6.07 Å². The molecule has 0 amide bonds. The van der Waals surface area contributed by atoms with Crippen LogP contribution in [0.5, 0.6) is 5.75 Å². The molecule has 1 N–H and O–H groups in total. The van der Waals surface area contributed by atoms with E-state index < -0.39 is 0 Å². The van der Waals surface area contributed by atoms with E-state index in [9.17, 15) is 5.11 Å². The minimum absolute atomic E-state index is 0.146. The monoisotopic (exact) mass is 304 g/mol. The molecule has 3 nitrogen and oxygen atoms in total. The molecule has 0 aromatic heterocycles. The third-order valence-corrected chi connectivity index (χ3v) is 4.01. The van der Waals surface area contributed by atoms with Crippen molar-refractivity contribution >= 4 is 22.1 Å². The van der Waals surface area contributed by atoms with Gasteiger partial charge in [0.05, 0.1) is 5.69 Å². The molecule has 3 rings (SSSR count). The Morgan fingerprint density at radius 3 is 2.04 bits per heavy atom. The van der Waals surface area contributed by atoms with Crippen LogP contribution in [0.15, 0.2) is 52.7 Å². The van der Waals surface area contributed by atoms with E-state index in [1.165, 1.54) is 11.1 Å². The minimum atomic E-state index is 0.146. The number of phenolic OH excluding ortho intramolecular Hbond substituents is 1. The second kappa shape index (κ2) is 5.84. The average Bonchev–Trinajstić information content (AvgIpc) is 2.48. The molecule has 0 heterocycles. The molecule has 23 heavy (non-hydrogen) atoms. The fourth-order valence-corrected chi connectivity index (χ4v) is 2.96.